The molecule has 2 aromatic heterocycles. The van der Waals surface area contributed by atoms with Gasteiger partial charge < -0.3 is 5.73 Å². The minimum absolute atomic E-state index is 0.290. The van der Waals surface area contributed by atoms with Gasteiger partial charge in [0.05, 0.1) is 22.8 Å². The summed E-state index contributed by atoms with van der Waals surface area (Å²) in [5, 5.41) is 0.290. The molecule has 1 aromatic carbocycles. The monoisotopic (exact) mass is 271 g/mol. The second kappa shape index (κ2) is 4.52. The zero-order valence-corrected chi connectivity index (χ0v) is 10.7. The molecule has 100 valence electrons. The Kier molecular flexibility index (Phi) is 2.82. The molecule has 0 saturated heterocycles. The van der Waals surface area contributed by atoms with Crippen LogP contribution in [0, 0.1) is 18.6 Å². The van der Waals surface area contributed by atoms with Crippen molar-refractivity contribution in [3.63, 3.8) is 0 Å². The number of nitrogen functional groups attached to an aromatic ring is 1. The fourth-order valence-corrected chi connectivity index (χ4v) is 2.21. The Morgan fingerprint density at radius 3 is 2.70 bits per heavy atom. The van der Waals surface area contributed by atoms with E-state index in [0.717, 1.165) is 6.20 Å². The topological polar surface area (TPSA) is 51.8 Å². The van der Waals surface area contributed by atoms with E-state index in [4.69, 9.17) is 5.73 Å². The lowest BCUT2D eigenvalue weighted by Crippen LogP contribution is -2.00. The molecule has 20 heavy (non-hydrogen) atoms. The van der Waals surface area contributed by atoms with Gasteiger partial charge in [-0.15, -0.1) is 0 Å². The van der Waals surface area contributed by atoms with E-state index in [1.54, 1.807) is 19.1 Å². The maximum Gasteiger partial charge on any atom is 0.142 e. The molecular weight excluding hydrogens is 260 g/mol. The summed E-state index contributed by atoms with van der Waals surface area (Å²) in [6.45, 7) is 1.73. The number of rotatable bonds is 1. The van der Waals surface area contributed by atoms with E-state index in [1.165, 1.54) is 18.3 Å². The Labute approximate surface area is 114 Å². The number of hydrogen-bond acceptors (Lipinski definition) is 3. The van der Waals surface area contributed by atoms with E-state index in [2.05, 4.69) is 9.97 Å². The Bertz CT molecular complexity index is 816. The molecule has 3 nitrogen and oxygen atoms in total. The first-order chi connectivity index (χ1) is 9.58. The van der Waals surface area contributed by atoms with Gasteiger partial charge in [0, 0.05) is 17.4 Å². The van der Waals surface area contributed by atoms with Gasteiger partial charge in [0.25, 0.3) is 0 Å². The van der Waals surface area contributed by atoms with Crippen molar-refractivity contribution in [1.82, 2.24) is 9.97 Å². The lowest BCUT2D eigenvalue weighted by atomic mass is 10.0. The predicted molar refractivity (Wildman–Crippen MR) is 74.0 cm³/mol. The number of nitrogens with two attached hydrogens (primary N) is 1. The van der Waals surface area contributed by atoms with Crippen molar-refractivity contribution in [2.45, 2.75) is 6.92 Å². The fraction of sp³-hybridized carbons (Fsp3) is 0.0667. The second-order valence-corrected chi connectivity index (χ2v) is 4.52. The van der Waals surface area contributed by atoms with Crippen molar-refractivity contribution in [3.05, 3.63) is 53.9 Å². The summed E-state index contributed by atoms with van der Waals surface area (Å²) in [7, 11) is 0. The lowest BCUT2D eigenvalue weighted by Gasteiger charge is -2.11. The molecule has 0 amide bonds. The number of aromatic nitrogens is 2. The molecule has 0 radical (unpaired) electrons. The highest BCUT2D eigenvalue weighted by Gasteiger charge is 2.14. The van der Waals surface area contributed by atoms with Crippen LogP contribution in [0.4, 0.5) is 14.5 Å². The van der Waals surface area contributed by atoms with Crippen LogP contribution < -0.4 is 5.73 Å². The molecule has 0 unspecified atom stereocenters. The average molecular weight is 271 g/mol. The van der Waals surface area contributed by atoms with E-state index in [-0.39, 0.29) is 5.39 Å². The molecule has 0 fully saturated rings. The molecule has 0 spiro atoms. The zero-order chi connectivity index (χ0) is 14.3. The molecule has 0 aliphatic heterocycles. The van der Waals surface area contributed by atoms with Crippen LogP contribution in [0.5, 0.6) is 0 Å². The van der Waals surface area contributed by atoms with E-state index < -0.39 is 11.6 Å². The van der Waals surface area contributed by atoms with Crippen LogP contribution in [0.3, 0.4) is 0 Å². The largest absolute Gasteiger partial charge is 0.398 e. The van der Waals surface area contributed by atoms with E-state index in [1.807, 2.05) is 0 Å². The Balaban J connectivity index is 2.36. The summed E-state index contributed by atoms with van der Waals surface area (Å²) >= 11 is 0. The molecular formula is C15H11F2N3. The molecule has 0 aliphatic carbocycles. The number of benzene rings is 1. The third-order valence-electron chi connectivity index (χ3n) is 3.23. The molecule has 0 aliphatic rings. The lowest BCUT2D eigenvalue weighted by molar-refractivity contribution is 0.622. The number of anilines is 1. The molecule has 3 rings (SSSR count). The minimum atomic E-state index is -0.457. The van der Waals surface area contributed by atoms with Crippen LogP contribution in [-0.2, 0) is 0 Å². The van der Waals surface area contributed by atoms with Crippen molar-refractivity contribution in [2.24, 2.45) is 0 Å². The van der Waals surface area contributed by atoms with Gasteiger partial charge in [-0.3, -0.25) is 4.98 Å². The van der Waals surface area contributed by atoms with Crippen LogP contribution in [0.25, 0.3) is 22.2 Å². The second-order valence-electron chi connectivity index (χ2n) is 4.52. The molecule has 0 atom stereocenters. The highest BCUT2D eigenvalue weighted by molar-refractivity contribution is 5.95. The average Bonchev–Trinajstić information content (AvgIpc) is 2.42. The standard InChI is InChI=1S/C15H11F2N3/c1-8-14(18)13-11(17)3-2-4-12(13)20-15(8)9-5-10(16)7-19-6-9/h2-7H,1H3,(H2,18,20). The van der Waals surface area contributed by atoms with E-state index >= 15 is 0 Å². The molecule has 0 bridgehead atoms. The maximum absolute atomic E-state index is 13.8. The summed E-state index contributed by atoms with van der Waals surface area (Å²) in [5.41, 5.74) is 8.38. The summed E-state index contributed by atoms with van der Waals surface area (Å²) in [5.74, 6) is -0.874. The van der Waals surface area contributed by atoms with Crippen LogP contribution in [-0.4, -0.2) is 9.97 Å². The summed E-state index contributed by atoms with van der Waals surface area (Å²) < 4.78 is 27.1. The molecule has 2 N–H and O–H groups in total. The fourth-order valence-electron chi connectivity index (χ4n) is 2.21. The third kappa shape index (κ3) is 1.87. The van der Waals surface area contributed by atoms with Gasteiger partial charge in [0.1, 0.15) is 11.6 Å². The van der Waals surface area contributed by atoms with Gasteiger partial charge in [0.2, 0.25) is 0 Å². The highest BCUT2D eigenvalue weighted by atomic mass is 19.1. The number of halogens is 2. The van der Waals surface area contributed by atoms with E-state index in [0.29, 0.717) is 28.0 Å². The van der Waals surface area contributed by atoms with Gasteiger partial charge in [-0.2, -0.15) is 0 Å². The smallest absolute Gasteiger partial charge is 0.142 e. The van der Waals surface area contributed by atoms with Crippen molar-refractivity contribution >= 4 is 16.6 Å². The highest BCUT2D eigenvalue weighted by Crippen LogP contribution is 2.32. The normalized spacial score (nSPS) is 10.9. The predicted octanol–water partition coefficient (Wildman–Crippen LogP) is 3.47. The Morgan fingerprint density at radius 2 is 1.95 bits per heavy atom. The maximum atomic E-state index is 13.8. The Hall–Kier alpha value is -2.56. The number of nitrogens with zero attached hydrogens (tertiary/aromatic N) is 2. The molecule has 0 saturated carbocycles. The Morgan fingerprint density at radius 1 is 1.15 bits per heavy atom. The van der Waals surface area contributed by atoms with E-state index in [9.17, 15) is 8.78 Å². The van der Waals surface area contributed by atoms with Crippen molar-refractivity contribution in [1.29, 1.82) is 0 Å². The van der Waals surface area contributed by atoms with Crippen LogP contribution in [0.15, 0.2) is 36.7 Å². The van der Waals surface area contributed by atoms with Gasteiger partial charge in [0.15, 0.2) is 0 Å². The van der Waals surface area contributed by atoms with Gasteiger partial charge in [-0.25, -0.2) is 13.8 Å². The van der Waals surface area contributed by atoms with Gasteiger partial charge >= 0.3 is 0 Å². The summed E-state index contributed by atoms with van der Waals surface area (Å²) in [6.07, 6.45) is 2.62. The van der Waals surface area contributed by atoms with Crippen molar-refractivity contribution in [2.75, 3.05) is 5.73 Å². The number of pyridine rings is 2. The number of hydrogen-bond donors (Lipinski definition) is 1. The zero-order valence-electron chi connectivity index (χ0n) is 10.7. The van der Waals surface area contributed by atoms with Gasteiger partial charge in [-0.1, -0.05) is 6.07 Å². The third-order valence-corrected chi connectivity index (χ3v) is 3.23. The van der Waals surface area contributed by atoms with Gasteiger partial charge in [-0.05, 0) is 30.7 Å². The first-order valence-corrected chi connectivity index (χ1v) is 6.03. The molecule has 3 aromatic rings. The summed E-state index contributed by atoms with van der Waals surface area (Å²) in [6, 6.07) is 5.90. The first kappa shape index (κ1) is 12.5. The minimum Gasteiger partial charge on any atom is -0.398 e. The molecule has 5 heteroatoms. The van der Waals surface area contributed by atoms with Crippen LogP contribution in [0.1, 0.15) is 5.56 Å². The van der Waals surface area contributed by atoms with Crippen molar-refractivity contribution < 1.29 is 8.78 Å². The SMILES string of the molecule is Cc1c(-c2cncc(F)c2)nc2cccc(F)c2c1N. The molecule has 2 heterocycles. The summed E-state index contributed by atoms with van der Waals surface area (Å²) in [4.78, 5) is 8.18. The number of fused-ring (bicyclic) bond motifs is 1. The van der Waals surface area contributed by atoms with Crippen LogP contribution in [0.2, 0.25) is 0 Å². The van der Waals surface area contributed by atoms with Crippen molar-refractivity contribution in [3.8, 4) is 11.3 Å². The first-order valence-electron chi connectivity index (χ1n) is 6.03. The quantitative estimate of drug-likeness (QED) is 0.737. The van der Waals surface area contributed by atoms with Crippen LogP contribution >= 0.6 is 0 Å².